The number of carbonyl (C=O) groups is 1. The van der Waals surface area contributed by atoms with Gasteiger partial charge in [0.25, 0.3) is 10.0 Å². The van der Waals surface area contributed by atoms with Gasteiger partial charge >= 0.3 is 0 Å². The monoisotopic (exact) mass is 406 g/mol. The molecule has 28 heavy (non-hydrogen) atoms. The van der Waals surface area contributed by atoms with Crippen molar-refractivity contribution < 1.29 is 22.7 Å². The zero-order chi connectivity index (χ0) is 20.7. The molecule has 2 aromatic rings. The molecule has 2 rings (SSSR count). The second-order valence-corrected chi connectivity index (χ2v) is 8.10. The van der Waals surface area contributed by atoms with E-state index in [0.717, 1.165) is 10.7 Å². The Hall–Kier alpha value is -2.74. The Morgan fingerprint density at radius 3 is 2.29 bits per heavy atom. The molecule has 0 unspecified atom stereocenters. The van der Waals surface area contributed by atoms with Gasteiger partial charge in [-0.2, -0.15) is 0 Å². The van der Waals surface area contributed by atoms with Crippen LogP contribution in [-0.2, 0) is 14.8 Å². The zero-order valence-electron chi connectivity index (χ0n) is 16.5. The van der Waals surface area contributed by atoms with E-state index in [0.29, 0.717) is 17.2 Å². The standard InChI is InChI=1S/C20H26N2O5S/c1-5-15(2)21-20(23)14-22(28(24,25)17-9-7-6-8-10-17)16-11-12-18(26-3)19(13-16)27-4/h6-13,15H,5,14H2,1-4H3,(H,21,23)/t15-/m0/s1. The SMILES string of the molecule is CC[C@H](C)NC(=O)CN(c1ccc(OC)c(OC)c1)S(=O)(=O)c1ccccc1. The van der Waals surface area contributed by atoms with Crippen molar-refractivity contribution >= 4 is 21.6 Å². The molecule has 0 saturated carbocycles. The van der Waals surface area contributed by atoms with Crippen molar-refractivity contribution in [1.82, 2.24) is 5.32 Å². The number of benzene rings is 2. The van der Waals surface area contributed by atoms with Crippen LogP contribution in [-0.4, -0.2) is 41.1 Å². The molecule has 0 aliphatic rings. The highest BCUT2D eigenvalue weighted by Gasteiger charge is 2.28. The van der Waals surface area contributed by atoms with Crippen LogP contribution < -0.4 is 19.1 Å². The molecule has 8 heteroatoms. The lowest BCUT2D eigenvalue weighted by Crippen LogP contribution is -2.43. The highest BCUT2D eigenvalue weighted by molar-refractivity contribution is 7.92. The molecular formula is C20H26N2O5S. The van der Waals surface area contributed by atoms with E-state index in [9.17, 15) is 13.2 Å². The van der Waals surface area contributed by atoms with Crippen molar-refractivity contribution in [2.75, 3.05) is 25.1 Å². The van der Waals surface area contributed by atoms with E-state index in [4.69, 9.17) is 9.47 Å². The lowest BCUT2D eigenvalue weighted by Gasteiger charge is -2.25. The van der Waals surface area contributed by atoms with Gasteiger partial charge in [-0.1, -0.05) is 25.1 Å². The maximum Gasteiger partial charge on any atom is 0.264 e. The highest BCUT2D eigenvalue weighted by Crippen LogP contribution is 2.33. The lowest BCUT2D eigenvalue weighted by atomic mass is 10.2. The van der Waals surface area contributed by atoms with Crippen LogP contribution in [0.5, 0.6) is 11.5 Å². The van der Waals surface area contributed by atoms with E-state index in [-0.39, 0.29) is 23.4 Å². The van der Waals surface area contributed by atoms with Gasteiger partial charge in [-0.3, -0.25) is 9.10 Å². The first-order valence-corrected chi connectivity index (χ1v) is 10.4. The molecule has 2 aromatic carbocycles. The quantitative estimate of drug-likeness (QED) is 0.692. The molecule has 7 nitrogen and oxygen atoms in total. The molecule has 0 aliphatic carbocycles. The zero-order valence-corrected chi connectivity index (χ0v) is 17.3. The number of nitrogens with zero attached hydrogens (tertiary/aromatic N) is 1. The predicted molar refractivity (Wildman–Crippen MR) is 108 cm³/mol. The fraction of sp³-hybridized carbons (Fsp3) is 0.350. The van der Waals surface area contributed by atoms with Gasteiger partial charge in [-0.05, 0) is 37.6 Å². The molecule has 0 aromatic heterocycles. The number of nitrogens with one attached hydrogen (secondary N) is 1. The van der Waals surface area contributed by atoms with Crippen molar-refractivity contribution in [2.24, 2.45) is 0 Å². The van der Waals surface area contributed by atoms with Gasteiger partial charge in [0.1, 0.15) is 6.54 Å². The fourth-order valence-corrected chi connectivity index (χ4v) is 4.00. The van der Waals surface area contributed by atoms with Crippen molar-refractivity contribution in [1.29, 1.82) is 0 Å². The number of ether oxygens (including phenoxy) is 2. The van der Waals surface area contributed by atoms with Crippen LogP contribution in [0.3, 0.4) is 0 Å². The largest absolute Gasteiger partial charge is 0.493 e. The second-order valence-electron chi connectivity index (χ2n) is 6.24. The third kappa shape index (κ3) is 4.95. The first kappa shape index (κ1) is 21.6. The summed E-state index contributed by atoms with van der Waals surface area (Å²) in [5.41, 5.74) is 0.306. The fourth-order valence-electron chi connectivity index (χ4n) is 2.57. The number of anilines is 1. The lowest BCUT2D eigenvalue weighted by molar-refractivity contribution is -0.120. The van der Waals surface area contributed by atoms with Crippen LogP contribution in [0, 0.1) is 0 Å². The maximum atomic E-state index is 13.3. The number of carbonyl (C=O) groups excluding carboxylic acids is 1. The highest BCUT2D eigenvalue weighted by atomic mass is 32.2. The number of hydrogen-bond donors (Lipinski definition) is 1. The van der Waals surface area contributed by atoms with Crippen molar-refractivity contribution in [3.8, 4) is 11.5 Å². The van der Waals surface area contributed by atoms with Crippen LogP contribution in [0.1, 0.15) is 20.3 Å². The normalized spacial score (nSPS) is 12.1. The van der Waals surface area contributed by atoms with Gasteiger partial charge in [0, 0.05) is 12.1 Å². The average molecular weight is 407 g/mol. The number of hydrogen-bond acceptors (Lipinski definition) is 5. The summed E-state index contributed by atoms with van der Waals surface area (Å²) in [5, 5.41) is 2.80. The summed E-state index contributed by atoms with van der Waals surface area (Å²) in [7, 11) is -0.999. The molecule has 1 atom stereocenters. The summed E-state index contributed by atoms with van der Waals surface area (Å²) >= 11 is 0. The topological polar surface area (TPSA) is 84.9 Å². The molecule has 1 N–H and O–H groups in total. The minimum absolute atomic E-state index is 0.0563. The Bertz CT molecular complexity index is 900. The van der Waals surface area contributed by atoms with Gasteiger partial charge in [-0.25, -0.2) is 8.42 Å². The minimum atomic E-state index is -3.96. The summed E-state index contributed by atoms with van der Waals surface area (Å²) < 4.78 is 38.1. The van der Waals surface area contributed by atoms with Gasteiger partial charge in [0.15, 0.2) is 11.5 Å². The first-order chi connectivity index (χ1) is 13.3. The minimum Gasteiger partial charge on any atom is -0.493 e. The van der Waals surface area contributed by atoms with Crippen LogP contribution in [0.2, 0.25) is 0 Å². The van der Waals surface area contributed by atoms with Gasteiger partial charge in [-0.15, -0.1) is 0 Å². The molecule has 1 amide bonds. The third-order valence-corrected chi connectivity index (χ3v) is 6.08. The smallest absolute Gasteiger partial charge is 0.264 e. The van der Waals surface area contributed by atoms with E-state index >= 15 is 0 Å². The molecule has 0 spiro atoms. The molecule has 0 heterocycles. The molecular weight excluding hydrogens is 380 g/mol. The van der Waals surface area contributed by atoms with E-state index in [2.05, 4.69) is 5.32 Å². The number of sulfonamides is 1. The van der Waals surface area contributed by atoms with Crippen LogP contribution in [0.15, 0.2) is 53.4 Å². The number of rotatable bonds is 9. The number of amides is 1. The molecule has 152 valence electrons. The van der Waals surface area contributed by atoms with Crippen LogP contribution in [0.4, 0.5) is 5.69 Å². The summed E-state index contributed by atoms with van der Waals surface area (Å²) in [6.07, 6.45) is 0.744. The van der Waals surface area contributed by atoms with Gasteiger partial charge in [0.05, 0.1) is 24.8 Å². The first-order valence-electron chi connectivity index (χ1n) is 8.92. The summed E-state index contributed by atoms with van der Waals surface area (Å²) in [5.74, 6) is 0.451. The van der Waals surface area contributed by atoms with Crippen molar-refractivity contribution in [2.45, 2.75) is 31.2 Å². The van der Waals surface area contributed by atoms with Crippen LogP contribution >= 0.6 is 0 Å². The van der Waals surface area contributed by atoms with Crippen molar-refractivity contribution in [3.05, 3.63) is 48.5 Å². The summed E-state index contributed by atoms with van der Waals surface area (Å²) in [6, 6.07) is 12.7. The molecule has 0 fully saturated rings. The Labute approximate surface area is 166 Å². The van der Waals surface area contributed by atoms with E-state index in [1.54, 1.807) is 30.3 Å². The van der Waals surface area contributed by atoms with E-state index < -0.39 is 10.0 Å². The van der Waals surface area contributed by atoms with E-state index in [1.807, 2.05) is 13.8 Å². The van der Waals surface area contributed by atoms with E-state index in [1.165, 1.54) is 32.4 Å². The Balaban J connectivity index is 2.49. The van der Waals surface area contributed by atoms with Crippen LogP contribution in [0.25, 0.3) is 0 Å². The Morgan fingerprint density at radius 1 is 1.07 bits per heavy atom. The molecule has 0 bridgehead atoms. The number of methoxy groups -OCH3 is 2. The van der Waals surface area contributed by atoms with Crippen molar-refractivity contribution in [3.63, 3.8) is 0 Å². The molecule has 0 radical (unpaired) electrons. The van der Waals surface area contributed by atoms with Gasteiger partial charge < -0.3 is 14.8 Å². The average Bonchev–Trinajstić information content (AvgIpc) is 2.71. The second kappa shape index (κ2) is 9.45. The maximum absolute atomic E-state index is 13.3. The third-order valence-electron chi connectivity index (χ3n) is 4.29. The summed E-state index contributed by atoms with van der Waals surface area (Å²) in [6.45, 7) is 3.46. The Morgan fingerprint density at radius 2 is 1.71 bits per heavy atom. The predicted octanol–water partition coefficient (Wildman–Crippen LogP) is 2.81. The molecule has 0 aliphatic heterocycles. The molecule has 0 saturated heterocycles. The Kier molecular flexibility index (Phi) is 7.28. The summed E-state index contributed by atoms with van der Waals surface area (Å²) in [4.78, 5) is 12.6. The van der Waals surface area contributed by atoms with Gasteiger partial charge in [0.2, 0.25) is 5.91 Å².